The Morgan fingerprint density at radius 2 is 2.17 bits per heavy atom. The van der Waals surface area contributed by atoms with Crippen molar-refractivity contribution in [1.82, 2.24) is 0 Å². The van der Waals surface area contributed by atoms with Crippen LogP contribution >= 0.6 is 24.0 Å². The Kier molecular flexibility index (Phi) is 3.38. The predicted octanol–water partition coefficient (Wildman–Crippen LogP) is 3.10. The minimum absolute atomic E-state index is 0.0844. The van der Waals surface area contributed by atoms with Gasteiger partial charge in [-0.25, -0.2) is 0 Å². The number of carboxylic acids is 1. The topological polar surface area (TPSA) is 40.5 Å². The van der Waals surface area contributed by atoms with E-state index in [9.17, 15) is 4.79 Å². The molecule has 1 heterocycles. The van der Waals surface area contributed by atoms with Crippen LogP contribution in [0.1, 0.15) is 19.4 Å². The zero-order valence-corrected chi connectivity index (χ0v) is 12.2. The van der Waals surface area contributed by atoms with Crippen molar-refractivity contribution in [2.24, 2.45) is 0 Å². The highest BCUT2D eigenvalue weighted by Gasteiger charge is 2.37. The maximum atomic E-state index is 11.0. The van der Waals surface area contributed by atoms with E-state index in [0.717, 1.165) is 10.6 Å². The molecule has 0 aliphatic carbocycles. The molecule has 5 heteroatoms. The lowest BCUT2D eigenvalue weighted by Gasteiger charge is -2.40. The molecule has 1 aliphatic heterocycles. The van der Waals surface area contributed by atoms with Gasteiger partial charge in [-0.05, 0) is 38.5 Å². The van der Waals surface area contributed by atoms with E-state index in [1.54, 1.807) is 16.7 Å². The van der Waals surface area contributed by atoms with Crippen molar-refractivity contribution >= 4 is 40.6 Å². The molecule has 1 aromatic carbocycles. The maximum Gasteiger partial charge on any atom is 0.323 e. The zero-order chi connectivity index (χ0) is 13.5. The van der Waals surface area contributed by atoms with Crippen LogP contribution in [0.5, 0.6) is 0 Å². The molecule has 0 spiro atoms. The van der Waals surface area contributed by atoms with Gasteiger partial charge in [0, 0.05) is 4.90 Å². The van der Waals surface area contributed by atoms with Gasteiger partial charge in [0.25, 0.3) is 0 Å². The highest BCUT2D eigenvalue weighted by Crippen LogP contribution is 2.45. The summed E-state index contributed by atoms with van der Waals surface area (Å²) in [6, 6.07) is 6.01. The quantitative estimate of drug-likeness (QED) is 0.844. The summed E-state index contributed by atoms with van der Waals surface area (Å²) in [5.74, 6) is -0.869. The van der Waals surface area contributed by atoms with E-state index in [4.69, 9.17) is 17.3 Å². The number of anilines is 1. The van der Waals surface area contributed by atoms with Gasteiger partial charge >= 0.3 is 5.97 Å². The molecular weight excluding hydrogens is 266 g/mol. The minimum atomic E-state index is -0.869. The molecule has 0 saturated carbocycles. The first kappa shape index (κ1) is 13.4. The number of rotatable bonds is 2. The van der Waals surface area contributed by atoms with Gasteiger partial charge in [-0.2, -0.15) is 0 Å². The van der Waals surface area contributed by atoms with Crippen LogP contribution in [0.4, 0.5) is 5.69 Å². The largest absolute Gasteiger partial charge is 0.480 e. The molecule has 0 saturated heterocycles. The van der Waals surface area contributed by atoms with Crippen molar-refractivity contribution in [3.63, 3.8) is 0 Å². The Morgan fingerprint density at radius 1 is 1.50 bits per heavy atom. The van der Waals surface area contributed by atoms with Gasteiger partial charge in [-0.15, -0.1) is 11.8 Å². The Bertz CT molecular complexity index is 526. The highest BCUT2D eigenvalue weighted by molar-refractivity contribution is 8.03. The second-order valence-electron chi connectivity index (χ2n) is 4.87. The van der Waals surface area contributed by atoms with Crippen LogP contribution in [0, 0.1) is 6.92 Å². The van der Waals surface area contributed by atoms with E-state index >= 15 is 0 Å². The molecule has 0 unspecified atom stereocenters. The summed E-state index contributed by atoms with van der Waals surface area (Å²) < 4.78 is -0.258. The summed E-state index contributed by atoms with van der Waals surface area (Å²) in [7, 11) is 0. The van der Waals surface area contributed by atoms with Crippen molar-refractivity contribution in [2.75, 3.05) is 11.4 Å². The molecule has 18 heavy (non-hydrogen) atoms. The third kappa shape index (κ3) is 2.37. The van der Waals surface area contributed by atoms with E-state index in [-0.39, 0.29) is 11.3 Å². The number of hydrogen-bond acceptors (Lipinski definition) is 3. The average Bonchev–Trinajstić information content (AvgIpc) is 2.23. The number of thioether (sulfide) groups is 1. The van der Waals surface area contributed by atoms with Crippen LogP contribution in [-0.2, 0) is 4.79 Å². The maximum absolute atomic E-state index is 11.0. The molecule has 1 aromatic rings. The molecule has 1 aliphatic rings. The number of aryl methyl sites for hydroxylation is 1. The summed E-state index contributed by atoms with van der Waals surface area (Å²) in [4.78, 5) is 14.5. The van der Waals surface area contributed by atoms with Crippen molar-refractivity contribution < 1.29 is 9.90 Å². The fourth-order valence-electron chi connectivity index (χ4n) is 1.97. The van der Waals surface area contributed by atoms with E-state index in [0.29, 0.717) is 4.99 Å². The molecule has 96 valence electrons. The van der Waals surface area contributed by atoms with Gasteiger partial charge in [-0.1, -0.05) is 18.3 Å². The van der Waals surface area contributed by atoms with Crippen molar-refractivity contribution in [3.8, 4) is 0 Å². The number of thiocarbonyl (C=S) groups is 1. The molecule has 0 bridgehead atoms. The predicted molar refractivity (Wildman–Crippen MR) is 78.7 cm³/mol. The smallest absolute Gasteiger partial charge is 0.323 e. The Labute approximate surface area is 116 Å². The molecule has 0 fully saturated rings. The minimum Gasteiger partial charge on any atom is -0.480 e. The van der Waals surface area contributed by atoms with Gasteiger partial charge in [0.15, 0.2) is 0 Å². The molecule has 3 nitrogen and oxygen atoms in total. The van der Waals surface area contributed by atoms with Crippen LogP contribution in [0.2, 0.25) is 0 Å². The molecule has 0 radical (unpaired) electrons. The number of benzene rings is 1. The lowest BCUT2D eigenvalue weighted by atomic mass is 10.1. The Balaban J connectivity index is 2.52. The molecule has 1 N–H and O–H groups in total. The molecule has 0 aromatic heterocycles. The van der Waals surface area contributed by atoms with Gasteiger partial charge < -0.3 is 10.0 Å². The molecule has 0 amide bonds. The number of aliphatic carboxylic acids is 1. The van der Waals surface area contributed by atoms with E-state index in [2.05, 4.69) is 6.07 Å². The first-order valence-corrected chi connectivity index (χ1v) is 6.87. The Hall–Kier alpha value is -1.07. The molecular formula is C13H15NO2S2. The van der Waals surface area contributed by atoms with Crippen LogP contribution in [-0.4, -0.2) is 27.4 Å². The summed E-state index contributed by atoms with van der Waals surface area (Å²) in [5, 5.41) is 9.03. The van der Waals surface area contributed by atoms with Crippen LogP contribution in [0.3, 0.4) is 0 Å². The van der Waals surface area contributed by atoms with Crippen LogP contribution in [0.15, 0.2) is 23.1 Å². The Morgan fingerprint density at radius 3 is 2.78 bits per heavy atom. The average molecular weight is 281 g/mol. The first-order chi connectivity index (χ1) is 8.31. The first-order valence-electron chi connectivity index (χ1n) is 5.65. The SMILES string of the molecule is Cc1ccc2c(c1)SC(C)(C)C(=S)N2CC(=O)O. The van der Waals surface area contributed by atoms with Gasteiger partial charge in [0.05, 0.1) is 15.4 Å². The number of carboxylic acid groups (broad SMARTS) is 1. The van der Waals surface area contributed by atoms with Crippen LogP contribution in [0.25, 0.3) is 0 Å². The zero-order valence-electron chi connectivity index (χ0n) is 10.6. The van der Waals surface area contributed by atoms with Gasteiger partial charge in [0.1, 0.15) is 6.54 Å². The normalized spacial score (nSPS) is 17.5. The summed E-state index contributed by atoms with van der Waals surface area (Å²) >= 11 is 7.12. The van der Waals surface area contributed by atoms with Gasteiger partial charge in [-0.3, -0.25) is 4.79 Å². The van der Waals surface area contributed by atoms with E-state index in [1.165, 1.54) is 5.56 Å². The van der Waals surface area contributed by atoms with Crippen LogP contribution < -0.4 is 4.90 Å². The second kappa shape index (κ2) is 4.55. The van der Waals surface area contributed by atoms with Crippen molar-refractivity contribution in [3.05, 3.63) is 23.8 Å². The van der Waals surface area contributed by atoms with E-state index in [1.807, 2.05) is 32.9 Å². The van der Waals surface area contributed by atoms with Gasteiger partial charge in [0.2, 0.25) is 0 Å². The number of carbonyl (C=O) groups is 1. The monoisotopic (exact) mass is 281 g/mol. The molecule has 0 atom stereocenters. The standard InChI is InChI=1S/C13H15NO2S2/c1-8-4-5-9-10(6-8)18-13(2,3)12(17)14(9)7-11(15)16/h4-6H,7H2,1-3H3,(H,15,16). The summed E-state index contributed by atoms with van der Waals surface area (Å²) in [6.07, 6.45) is 0. The van der Waals surface area contributed by atoms with Crippen molar-refractivity contribution in [1.29, 1.82) is 0 Å². The number of nitrogens with zero attached hydrogens (tertiary/aromatic N) is 1. The number of hydrogen-bond donors (Lipinski definition) is 1. The third-order valence-electron chi connectivity index (χ3n) is 2.82. The second-order valence-corrected chi connectivity index (χ2v) is 6.92. The summed E-state index contributed by atoms with van der Waals surface area (Å²) in [6.45, 7) is 6.00. The number of fused-ring (bicyclic) bond motifs is 1. The third-order valence-corrected chi connectivity index (χ3v) is 4.94. The fraction of sp³-hybridized carbons (Fsp3) is 0.385. The van der Waals surface area contributed by atoms with Crippen molar-refractivity contribution in [2.45, 2.75) is 30.4 Å². The lowest BCUT2D eigenvalue weighted by molar-refractivity contribution is -0.135. The van der Waals surface area contributed by atoms with E-state index < -0.39 is 5.97 Å². The lowest BCUT2D eigenvalue weighted by Crippen LogP contribution is -2.47. The fourth-order valence-corrected chi connectivity index (χ4v) is 3.53. The summed E-state index contributed by atoms with van der Waals surface area (Å²) in [5.41, 5.74) is 2.07. The molecule has 2 rings (SSSR count). The highest BCUT2D eigenvalue weighted by atomic mass is 32.2.